The first-order valence-electron chi connectivity index (χ1n) is 8.80. The molecule has 26 heavy (non-hydrogen) atoms. The molecule has 1 aliphatic rings. The van der Waals surface area contributed by atoms with E-state index in [2.05, 4.69) is 33.5 Å². The van der Waals surface area contributed by atoms with E-state index in [1.807, 2.05) is 18.4 Å². The average molecular weight is 379 g/mol. The molecule has 0 aromatic carbocycles. The van der Waals surface area contributed by atoms with E-state index in [0.717, 1.165) is 16.9 Å². The second-order valence-corrected chi connectivity index (χ2v) is 8.39. The number of fused-ring (bicyclic) bond motifs is 1. The van der Waals surface area contributed by atoms with Gasteiger partial charge >= 0.3 is 0 Å². The quantitative estimate of drug-likeness (QED) is 0.826. The van der Waals surface area contributed by atoms with Crippen LogP contribution in [0.4, 0.5) is 0 Å². The van der Waals surface area contributed by atoms with Crippen molar-refractivity contribution in [3.8, 4) is 0 Å². The van der Waals surface area contributed by atoms with Gasteiger partial charge in [-0.1, -0.05) is 26.8 Å². The normalized spacial score (nSPS) is 26.9. The number of imidazole rings is 1. The van der Waals surface area contributed by atoms with Gasteiger partial charge in [-0.2, -0.15) is 0 Å². The Morgan fingerprint density at radius 3 is 2.77 bits per heavy atom. The molecule has 142 valence electrons. The Balaban J connectivity index is 1.77. The molecule has 0 bridgehead atoms. The van der Waals surface area contributed by atoms with E-state index in [-0.39, 0.29) is 30.7 Å². The van der Waals surface area contributed by atoms with Crippen LogP contribution < -0.4 is 4.72 Å². The summed E-state index contributed by atoms with van der Waals surface area (Å²) in [7, 11) is -3.43. The Kier molecular flexibility index (Phi) is 5.40. The van der Waals surface area contributed by atoms with Gasteiger partial charge in [-0.15, -0.1) is 0 Å². The van der Waals surface area contributed by atoms with E-state index in [0.29, 0.717) is 6.42 Å². The third-order valence-corrected chi connectivity index (χ3v) is 6.11. The molecule has 1 fully saturated rings. The van der Waals surface area contributed by atoms with Crippen LogP contribution in [0.5, 0.6) is 0 Å². The Labute approximate surface area is 153 Å². The second-order valence-electron chi connectivity index (χ2n) is 6.74. The zero-order valence-electron chi connectivity index (χ0n) is 15.5. The van der Waals surface area contributed by atoms with Crippen molar-refractivity contribution in [2.24, 2.45) is 11.8 Å². The summed E-state index contributed by atoms with van der Waals surface area (Å²) < 4.78 is 34.7. The van der Waals surface area contributed by atoms with Crippen LogP contribution >= 0.6 is 0 Å². The lowest BCUT2D eigenvalue weighted by molar-refractivity contribution is -0.00790. The highest BCUT2D eigenvalue weighted by molar-refractivity contribution is 7.92. The van der Waals surface area contributed by atoms with E-state index in [4.69, 9.17) is 4.74 Å². The van der Waals surface area contributed by atoms with Crippen LogP contribution in [0.25, 0.3) is 11.2 Å². The van der Waals surface area contributed by atoms with Crippen LogP contribution in [-0.2, 0) is 14.8 Å². The molecule has 9 heteroatoms. The molecule has 0 spiro atoms. The van der Waals surface area contributed by atoms with Gasteiger partial charge in [-0.05, 0) is 19.3 Å². The molecular formula is C17H25N5O3S. The maximum atomic E-state index is 12.0. The van der Waals surface area contributed by atoms with E-state index in [1.54, 1.807) is 12.4 Å². The van der Waals surface area contributed by atoms with Gasteiger partial charge in [0.2, 0.25) is 10.0 Å². The van der Waals surface area contributed by atoms with Crippen LogP contribution in [0.3, 0.4) is 0 Å². The highest BCUT2D eigenvalue weighted by Gasteiger charge is 2.40. The monoisotopic (exact) mass is 379 g/mol. The SMILES string of the molecule is CC/C=C/S(=O)(=O)NCC1OC(n2cnc3c(C)ncnc32)C(C)C1C. The minimum Gasteiger partial charge on any atom is -0.353 e. The lowest BCUT2D eigenvalue weighted by atomic mass is 9.93. The van der Waals surface area contributed by atoms with Crippen LogP contribution in [0.2, 0.25) is 0 Å². The average Bonchev–Trinajstić information content (AvgIpc) is 3.15. The molecule has 0 amide bonds. The van der Waals surface area contributed by atoms with Gasteiger partial charge in [-0.3, -0.25) is 4.57 Å². The molecular weight excluding hydrogens is 354 g/mol. The maximum absolute atomic E-state index is 12.0. The van der Waals surface area contributed by atoms with E-state index in [1.165, 1.54) is 11.7 Å². The minimum atomic E-state index is -3.43. The number of nitrogens with zero attached hydrogens (tertiary/aromatic N) is 4. The Morgan fingerprint density at radius 2 is 2.04 bits per heavy atom. The Morgan fingerprint density at radius 1 is 1.27 bits per heavy atom. The Hall–Kier alpha value is -1.84. The molecule has 0 saturated carbocycles. The number of nitrogens with one attached hydrogen (secondary N) is 1. The van der Waals surface area contributed by atoms with Crippen molar-refractivity contribution >= 4 is 21.2 Å². The first kappa shape index (κ1) is 18.9. The molecule has 4 atom stereocenters. The summed E-state index contributed by atoms with van der Waals surface area (Å²) in [4.78, 5) is 12.9. The van der Waals surface area contributed by atoms with Crippen molar-refractivity contribution in [2.45, 2.75) is 46.4 Å². The fraction of sp³-hybridized carbons (Fsp3) is 0.588. The number of rotatable bonds is 6. The van der Waals surface area contributed by atoms with Crippen molar-refractivity contribution in [1.29, 1.82) is 0 Å². The third-order valence-electron chi connectivity index (χ3n) is 4.99. The number of hydrogen-bond donors (Lipinski definition) is 1. The van der Waals surface area contributed by atoms with Crippen molar-refractivity contribution in [3.05, 3.63) is 29.8 Å². The van der Waals surface area contributed by atoms with Crippen molar-refractivity contribution in [1.82, 2.24) is 24.2 Å². The summed E-state index contributed by atoms with van der Waals surface area (Å²) in [5.74, 6) is 0.363. The lowest BCUT2D eigenvalue weighted by Gasteiger charge is -2.17. The van der Waals surface area contributed by atoms with Gasteiger partial charge in [0.05, 0.1) is 18.1 Å². The number of ether oxygens (including phenoxy) is 1. The summed E-state index contributed by atoms with van der Waals surface area (Å²) >= 11 is 0. The molecule has 8 nitrogen and oxygen atoms in total. The molecule has 2 aromatic rings. The van der Waals surface area contributed by atoms with Gasteiger partial charge in [-0.25, -0.2) is 28.1 Å². The summed E-state index contributed by atoms with van der Waals surface area (Å²) in [6.45, 7) is 8.19. The van der Waals surface area contributed by atoms with Crippen LogP contribution in [-0.4, -0.2) is 40.6 Å². The second kappa shape index (κ2) is 7.42. The largest absolute Gasteiger partial charge is 0.353 e. The van der Waals surface area contributed by atoms with Crippen molar-refractivity contribution in [3.63, 3.8) is 0 Å². The molecule has 0 aliphatic carbocycles. The smallest absolute Gasteiger partial charge is 0.233 e. The minimum absolute atomic E-state index is 0.179. The fourth-order valence-electron chi connectivity index (χ4n) is 3.20. The topological polar surface area (TPSA) is 99.0 Å². The number of aromatic nitrogens is 4. The maximum Gasteiger partial charge on any atom is 0.233 e. The first-order valence-corrected chi connectivity index (χ1v) is 10.3. The highest BCUT2D eigenvalue weighted by atomic mass is 32.2. The molecule has 1 N–H and O–H groups in total. The van der Waals surface area contributed by atoms with Gasteiger partial charge < -0.3 is 4.74 Å². The predicted octanol–water partition coefficient (Wildman–Crippen LogP) is 2.15. The molecule has 1 aliphatic heterocycles. The fourth-order valence-corrected chi connectivity index (χ4v) is 4.14. The third kappa shape index (κ3) is 3.65. The van der Waals surface area contributed by atoms with Gasteiger partial charge in [0.25, 0.3) is 0 Å². The summed E-state index contributed by atoms with van der Waals surface area (Å²) in [6.07, 6.45) is 5.06. The summed E-state index contributed by atoms with van der Waals surface area (Å²) in [5, 5.41) is 1.20. The standard InChI is InChI=1S/C17H25N5O3S/c1-5-6-7-26(23,24)21-8-14-11(2)12(3)17(25-14)22-10-20-15-13(4)18-9-19-16(15)22/h6-7,9-12,14,17,21H,5,8H2,1-4H3/b7-6+. The molecule has 2 aromatic heterocycles. The Bertz CT molecular complexity index is 908. The lowest BCUT2D eigenvalue weighted by Crippen LogP contribution is -2.33. The number of hydrogen-bond acceptors (Lipinski definition) is 6. The van der Waals surface area contributed by atoms with Crippen LogP contribution in [0, 0.1) is 18.8 Å². The van der Waals surface area contributed by atoms with Gasteiger partial charge in [0.15, 0.2) is 5.65 Å². The van der Waals surface area contributed by atoms with Gasteiger partial charge in [0.1, 0.15) is 18.1 Å². The summed E-state index contributed by atoms with van der Waals surface area (Å²) in [6, 6.07) is 0. The van der Waals surface area contributed by atoms with Crippen LogP contribution in [0.1, 0.15) is 39.1 Å². The molecule has 3 heterocycles. The van der Waals surface area contributed by atoms with Crippen molar-refractivity contribution < 1.29 is 13.2 Å². The van der Waals surface area contributed by atoms with E-state index < -0.39 is 10.0 Å². The summed E-state index contributed by atoms with van der Waals surface area (Å²) in [5.41, 5.74) is 2.30. The molecule has 1 saturated heterocycles. The van der Waals surface area contributed by atoms with E-state index in [9.17, 15) is 8.42 Å². The number of sulfonamides is 1. The van der Waals surface area contributed by atoms with Gasteiger partial charge in [0, 0.05) is 17.9 Å². The van der Waals surface area contributed by atoms with Crippen LogP contribution in [0.15, 0.2) is 24.1 Å². The van der Waals surface area contributed by atoms with E-state index >= 15 is 0 Å². The zero-order chi connectivity index (χ0) is 18.9. The number of allylic oxidation sites excluding steroid dienone is 1. The predicted molar refractivity (Wildman–Crippen MR) is 98.7 cm³/mol. The molecule has 4 unspecified atom stereocenters. The highest BCUT2D eigenvalue weighted by Crippen LogP contribution is 2.39. The zero-order valence-corrected chi connectivity index (χ0v) is 16.3. The molecule has 0 radical (unpaired) electrons. The number of aryl methyl sites for hydroxylation is 1. The molecule has 3 rings (SSSR count). The first-order chi connectivity index (χ1) is 12.3. The van der Waals surface area contributed by atoms with Crippen molar-refractivity contribution in [2.75, 3.05) is 6.54 Å².